The third kappa shape index (κ3) is 4.52. The summed E-state index contributed by atoms with van der Waals surface area (Å²) in [5.74, 6) is -8.71. The molecule has 166 valence electrons. The molecular weight excluding hydrogens is 425 g/mol. The highest BCUT2D eigenvalue weighted by molar-refractivity contribution is 5.96. The fourth-order valence-corrected chi connectivity index (χ4v) is 2.99. The molecule has 0 spiro atoms. The number of benzene rings is 1. The van der Waals surface area contributed by atoms with Crippen molar-refractivity contribution in [1.29, 1.82) is 0 Å². The number of hydrogen-bond acceptors (Lipinski definition) is 3. The number of urea groups is 1. The Morgan fingerprint density at radius 1 is 1.23 bits per heavy atom. The van der Waals surface area contributed by atoms with Crippen molar-refractivity contribution < 1.29 is 31.5 Å². The zero-order valence-corrected chi connectivity index (χ0v) is 16.3. The lowest BCUT2D eigenvalue weighted by atomic mass is 10.1. The number of nitrogens with zero attached hydrogens (tertiary/aromatic N) is 3. The predicted octanol–water partition coefficient (Wildman–Crippen LogP) is 3.29. The lowest BCUT2D eigenvalue weighted by Gasteiger charge is -2.28. The molecule has 0 fully saturated rings. The molecule has 2 N–H and O–H groups in total. The largest absolute Gasteiger partial charge is 0.343 e. The maximum atomic E-state index is 13.7. The highest BCUT2D eigenvalue weighted by atomic mass is 19.3. The van der Waals surface area contributed by atoms with E-state index >= 15 is 0 Å². The van der Waals surface area contributed by atoms with Crippen LogP contribution in [0.1, 0.15) is 23.0 Å². The van der Waals surface area contributed by atoms with Crippen molar-refractivity contribution in [2.24, 2.45) is 0 Å². The van der Waals surface area contributed by atoms with Crippen molar-refractivity contribution in [2.45, 2.75) is 32.0 Å². The fourth-order valence-electron chi connectivity index (χ4n) is 2.99. The van der Waals surface area contributed by atoms with Crippen LogP contribution in [0.4, 0.5) is 32.4 Å². The second-order valence-electron chi connectivity index (χ2n) is 6.91. The summed E-state index contributed by atoms with van der Waals surface area (Å²) in [6.07, 6.45) is 1.63. The predicted molar refractivity (Wildman–Crippen MR) is 100 cm³/mol. The van der Waals surface area contributed by atoms with Crippen LogP contribution >= 0.6 is 0 Å². The molecule has 2 aromatic rings. The maximum Gasteiger partial charge on any atom is 0.322 e. The third-order valence-corrected chi connectivity index (χ3v) is 4.84. The van der Waals surface area contributed by atoms with Gasteiger partial charge in [0, 0.05) is 24.4 Å². The van der Waals surface area contributed by atoms with Crippen LogP contribution in [0, 0.1) is 17.5 Å². The Labute approximate surface area is 173 Å². The van der Waals surface area contributed by atoms with Crippen molar-refractivity contribution >= 4 is 17.6 Å². The van der Waals surface area contributed by atoms with Gasteiger partial charge in [0.05, 0.1) is 36.6 Å². The second-order valence-corrected chi connectivity index (χ2v) is 6.91. The zero-order chi connectivity index (χ0) is 22.9. The smallest absolute Gasteiger partial charge is 0.322 e. The van der Waals surface area contributed by atoms with E-state index in [2.05, 4.69) is 22.3 Å². The summed E-state index contributed by atoms with van der Waals surface area (Å²) in [4.78, 5) is 26.2. The normalized spacial score (nSPS) is 14.6. The summed E-state index contributed by atoms with van der Waals surface area (Å²) >= 11 is 0. The number of anilines is 1. The summed E-state index contributed by atoms with van der Waals surface area (Å²) in [6, 6.07) is -1.02. The van der Waals surface area contributed by atoms with Gasteiger partial charge in [-0.1, -0.05) is 6.58 Å². The number of aromatic nitrogens is 2. The van der Waals surface area contributed by atoms with Gasteiger partial charge in [0.25, 0.3) is 11.8 Å². The Balaban J connectivity index is 1.73. The lowest BCUT2D eigenvalue weighted by Crippen LogP contribution is -2.45. The quantitative estimate of drug-likeness (QED) is 0.423. The van der Waals surface area contributed by atoms with Gasteiger partial charge in [0.1, 0.15) is 0 Å². The van der Waals surface area contributed by atoms with E-state index in [1.54, 1.807) is 0 Å². The number of fused-ring (bicyclic) bond motifs is 1. The molecule has 3 rings (SSSR count). The van der Waals surface area contributed by atoms with E-state index in [1.165, 1.54) is 15.8 Å². The first kappa shape index (κ1) is 22.2. The SMILES string of the molecule is C=CC(F)(F)[C@@H](C)NC(=O)c1cnn2c1CN(C(=O)Nc1cc(F)c(F)c(F)c1)CC2. The number of hydrogen-bond donors (Lipinski definition) is 2. The summed E-state index contributed by atoms with van der Waals surface area (Å²) in [7, 11) is 0. The van der Waals surface area contributed by atoms with Gasteiger partial charge in [-0.25, -0.2) is 18.0 Å². The van der Waals surface area contributed by atoms with E-state index in [0.717, 1.165) is 6.92 Å². The molecule has 0 saturated carbocycles. The van der Waals surface area contributed by atoms with Crippen molar-refractivity contribution in [3.63, 3.8) is 0 Å². The Morgan fingerprint density at radius 3 is 2.48 bits per heavy atom. The Bertz CT molecular complexity index is 1020. The molecule has 3 amide bonds. The van der Waals surface area contributed by atoms with Gasteiger partial charge in [0.15, 0.2) is 17.5 Å². The topological polar surface area (TPSA) is 79.3 Å². The average Bonchev–Trinajstić information content (AvgIpc) is 3.15. The molecule has 1 aliphatic heterocycles. The minimum absolute atomic E-state index is 0.00285. The van der Waals surface area contributed by atoms with Crippen molar-refractivity contribution in [1.82, 2.24) is 20.0 Å². The second kappa shape index (κ2) is 8.36. The lowest BCUT2D eigenvalue weighted by molar-refractivity contribution is 0.0187. The summed E-state index contributed by atoms with van der Waals surface area (Å²) in [6.45, 7) is 4.39. The average molecular weight is 443 g/mol. The first-order chi connectivity index (χ1) is 14.5. The molecule has 31 heavy (non-hydrogen) atoms. The minimum Gasteiger partial charge on any atom is -0.343 e. The van der Waals surface area contributed by atoms with Crippen LogP contribution in [0.15, 0.2) is 31.0 Å². The molecule has 1 aromatic carbocycles. The van der Waals surface area contributed by atoms with E-state index in [0.29, 0.717) is 23.9 Å². The highest BCUT2D eigenvalue weighted by Gasteiger charge is 2.35. The Kier molecular flexibility index (Phi) is 6.00. The Morgan fingerprint density at radius 2 is 1.87 bits per heavy atom. The zero-order valence-electron chi connectivity index (χ0n) is 16.3. The van der Waals surface area contributed by atoms with Crippen LogP contribution in [0.2, 0.25) is 0 Å². The minimum atomic E-state index is -3.32. The summed E-state index contributed by atoms with van der Waals surface area (Å²) < 4.78 is 68.5. The van der Waals surface area contributed by atoms with Crippen LogP contribution in [0.25, 0.3) is 0 Å². The Hall–Kier alpha value is -3.44. The number of halogens is 5. The van der Waals surface area contributed by atoms with Gasteiger partial charge in [-0.05, 0) is 13.0 Å². The number of alkyl halides is 2. The van der Waals surface area contributed by atoms with Crippen LogP contribution in [-0.2, 0) is 13.1 Å². The molecule has 0 unspecified atom stereocenters. The third-order valence-electron chi connectivity index (χ3n) is 4.84. The number of carbonyl (C=O) groups is 2. The van der Waals surface area contributed by atoms with Crippen LogP contribution in [0.5, 0.6) is 0 Å². The molecule has 2 heterocycles. The summed E-state index contributed by atoms with van der Waals surface area (Å²) in [5.41, 5.74) is 0.00602. The summed E-state index contributed by atoms with van der Waals surface area (Å²) in [5, 5.41) is 8.45. The molecule has 0 radical (unpaired) electrons. The number of carbonyl (C=O) groups excluding carboxylic acids is 2. The molecule has 12 heteroatoms. The maximum absolute atomic E-state index is 13.7. The molecule has 0 aliphatic carbocycles. The molecule has 1 aliphatic rings. The molecule has 7 nitrogen and oxygen atoms in total. The van der Waals surface area contributed by atoms with E-state index in [9.17, 15) is 31.5 Å². The number of amides is 3. The fraction of sp³-hybridized carbons (Fsp3) is 0.316. The van der Waals surface area contributed by atoms with Gasteiger partial charge >= 0.3 is 6.03 Å². The van der Waals surface area contributed by atoms with E-state index in [-0.39, 0.29) is 30.9 Å². The van der Waals surface area contributed by atoms with Crippen LogP contribution < -0.4 is 10.6 Å². The van der Waals surface area contributed by atoms with Gasteiger partial charge in [0.2, 0.25) is 0 Å². The molecule has 0 saturated heterocycles. The molecule has 0 bridgehead atoms. The van der Waals surface area contributed by atoms with Crippen molar-refractivity contribution in [3.8, 4) is 0 Å². The first-order valence-corrected chi connectivity index (χ1v) is 9.11. The number of nitrogens with one attached hydrogen (secondary N) is 2. The van der Waals surface area contributed by atoms with E-state index in [4.69, 9.17) is 0 Å². The van der Waals surface area contributed by atoms with Gasteiger partial charge in [-0.15, -0.1) is 0 Å². The van der Waals surface area contributed by atoms with Crippen LogP contribution in [0.3, 0.4) is 0 Å². The van der Waals surface area contributed by atoms with E-state index < -0.39 is 41.4 Å². The van der Waals surface area contributed by atoms with Crippen LogP contribution in [-0.4, -0.2) is 45.1 Å². The van der Waals surface area contributed by atoms with E-state index in [1.807, 2.05) is 0 Å². The highest BCUT2D eigenvalue weighted by Crippen LogP contribution is 2.22. The molecular formula is C19H18F5N5O2. The van der Waals surface area contributed by atoms with Gasteiger partial charge in [-0.2, -0.15) is 13.9 Å². The number of rotatable bonds is 5. The first-order valence-electron chi connectivity index (χ1n) is 9.11. The standard InChI is InChI=1S/C19H18F5N5O2/c1-3-19(23,24)10(2)26-17(30)12-8-25-29-5-4-28(9-15(12)29)18(31)27-11-6-13(20)16(22)14(21)7-11/h3,6-8,10H,1,4-5,9H2,2H3,(H,26,30)(H,27,31)/t10-/m1/s1. The van der Waals surface area contributed by atoms with Crippen molar-refractivity contribution in [2.75, 3.05) is 11.9 Å². The molecule has 1 aromatic heterocycles. The van der Waals surface area contributed by atoms with Gasteiger partial charge in [-0.3, -0.25) is 9.48 Å². The molecule has 1 atom stereocenters. The monoisotopic (exact) mass is 443 g/mol. The van der Waals surface area contributed by atoms with Crippen molar-refractivity contribution in [3.05, 3.63) is 59.7 Å². The van der Waals surface area contributed by atoms with Gasteiger partial charge < -0.3 is 15.5 Å².